The van der Waals surface area contributed by atoms with E-state index in [-0.39, 0.29) is 17.5 Å². The van der Waals surface area contributed by atoms with Crippen molar-refractivity contribution in [3.63, 3.8) is 0 Å². The smallest absolute Gasteiger partial charge is 0.271 e. The minimum atomic E-state index is -3.67. The average Bonchev–Trinajstić information content (AvgIpc) is 3.31. The summed E-state index contributed by atoms with van der Waals surface area (Å²) in [5.74, 6) is -0.184. The number of amides is 1. The molecule has 1 fully saturated rings. The van der Waals surface area contributed by atoms with Crippen molar-refractivity contribution in [2.45, 2.75) is 11.4 Å². The van der Waals surface area contributed by atoms with Crippen LogP contribution >= 0.6 is 0 Å². The number of H-pyrrole nitrogens is 1. The molecule has 1 amide bonds. The van der Waals surface area contributed by atoms with Gasteiger partial charge in [-0.15, -0.1) is 0 Å². The van der Waals surface area contributed by atoms with E-state index in [0.717, 1.165) is 5.56 Å². The van der Waals surface area contributed by atoms with E-state index in [1.54, 1.807) is 22.6 Å². The highest BCUT2D eigenvalue weighted by Crippen LogP contribution is 2.19. The molecule has 1 saturated heterocycles. The molecule has 10 heteroatoms. The topological polar surface area (TPSA) is 104 Å². The van der Waals surface area contributed by atoms with Gasteiger partial charge in [-0.3, -0.25) is 9.89 Å². The molecular weight excluding hydrogens is 392 g/mol. The largest absolute Gasteiger partial charge is 0.339 e. The van der Waals surface area contributed by atoms with E-state index in [4.69, 9.17) is 0 Å². The van der Waals surface area contributed by atoms with E-state index in [1.807, 2.05) is 30.3 Å². The first-order chi connectivity index (χ1) is 13.9. The Morgan fingerprint density at radius 3 is 2.62 bits per heavy atom. The molecule has 1 aromatic carbocycles. The summed E-state index contributed by atoms with van der Waals surface area (Å²) in [7, 11) is -1.94. The number of aryl methyl sites for hydroxylation is 1. The normalized spacial score (nSPS) is 16.0. The van der Waals surface area contributed by atoms with Crippen molar-refractivity contribution in [1.82, 2.24) is 29.0 Å². The van der Waals surface area contributed by atoms with E-state index in [1.165, 1.54) is 16.8 Å². The average molecular weight is 414 g/mol. The zero-order valence-corrected chi connectivity index (χ0v) is 16.8. The van der Waals surface area contributed by atoms with E-state index >= 15 is 0 Å². The number of imidazole rings is 1. The maximum Gasteiger partial charge on any atom is 0.271 e. The van der Waals surface area contributed by atoms with E-state index in [9.17, 15) is 13.2 Å². The van der Waals surface area contributed by atoms with Crippen molar-refractivity contribution in [3.8, 4) is 11.3 Å². The number of hydrogen-bond donors (Lipinski definition) is 1. The fraction of sp³-hybridized carbons (Fsp3) is 0.316. The van der Waals surface area contributed by atoms with E-state index < -0.39 is 10.0 Å². The van der Waals surface area contributed by atoms with Gasteiger partial charge >= 0.3 is 0 Å². The van der Waals surface area contributed by atoms with Crippen LogP contribution in [-0.2, 0) is 17.1 Å². The van der Waals surface area contributed by atoms with Crippen LogP contribution in [0.5, 0.6) is 0 Å². The van der Waals surface area contributed by atoms with Gasteiger partial charge in [0.15, 0.2) is 5.03 Å². The standard InChI is InChI=1S/C19H22N6O3S/c1-23-13-18(20-14-23)29(27,28)25-9-5-8-24(10-11-25)19(26)17-12-16(21-22-17)15-6-3-2-4-7-15/h2-4,6-7,12-14H,5,8-11H2,1H3,(H,21,22). The van der Waals surface area contributed by atoms with Gasteiger partial charge in [0.1, 0.15) is 5.69 Å². The molecule has 0 radical (unpaired) electrons. The summed E-state index contributed by atoms with van der Waals surface area (Å²) < 4.78 is 28.6. The van der Waals surface area contributed by atoms with Crippen LogP contribution in [0.15, 0.2) is 53.9 Å². The summed E-state index contributed by atoms with van der Waals surface area (Å²) in [6, 6.07) is 11.3. The van der Waals surface area contributed by atoms with Gasteiger partial charge in [0.25, 0.3) is 15.9 Å². The van der Waals surface area contributed by atoms with Gasteiger partial charge in [-0.05, 0) is 12.5 Å². The number of nitrogens with zero attached hydrogens (tertiary/aromatic N) is 5. The first-order valence-electron chi connectivity index (χ1n) is 9.33. The SMILES string of the molecule is Cn1cnc(S(=O)(=O)N2CCCN(C(=O)c3cc(-c4ccccc4)n[nH]3)CC2)c1. The number of benzene rings is 1. The summed E-state index contributed by atoms with van der Waals surface area (Å²) in [6.07, 6.45) is 3.50. The van der Waals surface area contributed by atoms with Gasteiger partial charge in [0.05, 0.1) is 12.0 Å². The zero-order valence-electron chi connectivity index (χ0n) is 16.0. The van der Waals surface area contributed by atoms with Gasteiger partial charge in [-0.25, -0.2) is 13.4 Å². The molecule has 1 aliphatic rings. The number of sulfonamides is 1. The molecule has 1 aliphatic heterocycles. The second-order valence-corrected chi connectivity index (χ2v) is 8.84. The van der Waals surface area contributed by atoms with Crippen LogP contribution in [0.2, 0.25) is 0 Å². The van der Waals surface area contributed by atoms with Crippen molar-refractivity contribution in [2.75, 3.05) is 26.2 Å². The molecule has 3 heterocycles. The lowest BCUT2D eigenvalue weighted by molar-refractivity contribution is 0.0758. The summed E-state index contributed by atoms with van der Waals surface area (Å²) in [5.41, 5.74) is 2.01. The van der Waals surface area contributed by atoms with Crippen molar-refractivity contribution >= 4 is 15.9 Å². The Morgan fingerprint density at radius 2 is 1.90 bits per heavy atom. The molecule has 0 bridgehead atoms. The fourth-order valence-corrected chi connectivity index (χ4v) is 4.79. The third-order valence-corrected chi connectivity index (χ3v) is 6.69. The number of aromatic nitrogens is 4. The first kappa shape index (κ1) is 19.3. The minimum Gasteiger partial charge on any atom is -0.339 e. The van der Waals surface area contributed by atoms with E-state index in [2.05, 4.69) is 15.2 Å². The number of nitrogens with one attached hydrogen (secondary N) is 1. The summed E-state index contributed by atoms with van der Waals surface area (Å²) >= 11 is 0. The maximum atomic E-state index is 12.9. The maximum absolute atomic E-state index is 12.9. The highest BCUT2D eigenvalue weighted by molar-refractivity contribution is 7.89. The molecule has 3 aromatic rings. The molecule has 2 aromatic heterocycles. The third kappa shape index (κ3) is 3.94. The van der Waals surface area contributed by atoms with Crippen LogP contribution < -0.4 is 0 Å². The fourth-order valence-electron chi connectivity index (χ4n) is 3.35. The Hall–Kier alpha value is -2.98. The second kappa shape index (κ2) is 7.80. The number of aromatic amines is 1. The molecule has 0 spiro atoms. The van der Waals surface area contributed by atoms with Gasteiger partial charge < -0.3 is 9.47 Å². The predicted octanol–water partition coefficient (Wildman–Crippen LogP) is 1.35. The van der Waals surface area contributed by atoms with Crippen LogP contribution in [0, 0.1) is 0 Å². The van der Waals surface area contributed by atoms with Gasteiger partial charge in [-0.1, -0.05) is 30.3 Å². The van der Waals surface area contributed by atoms with Crippen molar-refractivity contribution in [3.05, 3.63) is 54.6 Å². The molecule has 1 N–H and O–H groups in total. The van der Waals surface area contributed by atoms with Gasteiger partial charge in [-0.2, -0.15) is 9.40 Å². The van der Waals surface area contributed by atoms with Gasteiger partial charge in [0, 0.05) is 45.0 Å². The van der Waals surface area contributed by atoms with Crippen LogP contribution in [0.4, 0.5) is 0 Å². The predicted molar refractivity (Wildman–Crippen MR) is 107 cm³/mol. The zero-order chi connectivity index (χ0) is 20.4. The number of hydrogen-bond acceptors (Lipinski definition) is 5. The second-order valence-electron chi connectivity index (χ2n) is 6.96. The molecular formula is C19H22N6O3S. The lowest BCUT2D eigenvalue weighted by atomic mass is 10.1. The lowest BCUT2D eigenvalue weighted by Crippen LogP contribution is -2.37. The Kier molecular flexibility index (Phi) is 5.20. The highest BCUT2D eigenvalue weighted by Gasteiger charge is 2.30. The van der Waals surface area contributed by atoms with Crippen molar-refractivity contribution in [2.24, 2.45) is 7.05 Å². The van der Waals surface area contributed by atoms with Gasteiger partial charge in [0.2, 0.25) is 0 Å². The van der Waals surface area contributed by atoms with Crippen LogP contribution in [-0.4, -0.2) is 69.5 Å². The Morgan fingerprint density at radius 1 is 1.10 bits per heavy atom. The molecule has 152 valence electrons. The molecule has 4 rings (SSSR count). The van der Waals surface area contributed by atoms with Crippen LogP contribution in [0.1, 0.15) is 16.9 Å². The molecule has 0 saturated carbocycles. The Balaban J connectivity index is 1.46. The molecule has 29 heavy (non-hydrogen) atoms. The molecule has 0 aliphatic carbocycles. The highest BCUT2D eigenvalue weighted by atomic mass is 32.2. The molecule has 0 unspecified atom stereocenters. The summed E-state index contributed by atoms with van der Waals surface area (Å²) in [4.78, 5) is 18.5. The summed E-state index contributed by atoms with van der Waals surface area (Å²) in [5, 5.41) is 7.07. The quantitative estimate of drug-likeness (QED) is 0.694. The summed E-state index contributed by atoms with van der Waals surface area (Å²) in [6.45, 7) is 1.36. The minimum absolute atomic E-state index is 0.0286. The number of carbonyl (C=O) groups is 1. The van der Waals surface area contributed by atoms with Crippen LogP contribution in [0.3, 0.4) is 0 Å². The van der Waals surface area contributed by atoms with Crippen LogP contribution in [0.25, 0.3) is 11.3 Å². The van der Waals surface area contributed by atoms with Crippen molar-refractivity contribution < 1.29 is 13.2 Å². The lowest BCUT2D eigenvalue weighted by Gasteiger charge is -2.20. The third-order valence-electron chi connectivity index (χ3n) is 4.91. The number of rotatable bonds is 4. The Bertz CT molecular complexity index is 1110. The first-order valence-corrected chi connectivity index (χ1v) is 10.8. The molecule has 9 nitrogen and oxygen atoms in total. The monoisotopic (exact) mass is 414 g/mol. The molecule has 0 atom stereocenters. The van der Waals surface area contributed by atoms with E-state index in [0.29, 0.717) is 37.4 Å². The Labute approximate surface area is 169 Å². The number of carbonyl (C=O) groups excluding carboxylic acids is 1. The van der Waals surface area contributed by atoms with Crippen molar-refractivity contribution in [1.29, 1.82) is 0 Å².